The zero-order valence-corrected chi connectivity index (χ0v) is 18.0. The van der Waals surface area contributed by atoms with E-state index in [-0.39, 0.29) is 0 Å². The van der Waals surface area contributed by atoms with E-state index in [0.717, 1.165) is 6.92 Å². The van der Waals surface area contributed by atoms with E-state index in [0.29, 0.717) is 0 Å². The van der Waals surface area contributed by atoms with E-state index < -0.39 is 5.97 Å². The fraction of sp³-hybridized carbons (Fsp3) is 0.870. The molecule has 0 bridgehead atoms. The van der Waals surface area contributed by atoms with E-state index in [9.17, 15) is 0 Å². The van der Waals surface area contributed by atoms with Crippen LogP contribution in [0.15, 0.2) is 12.2 Å². The molecule has 0 aromatic carbocycles. The molecule has 0 aliphatic carbocycles. The summed E-state index contributed by atoms with van der Waals surface area (Å²) in [7, 11) is 0. The highest BCUT2D eigenvalue weighted by atomic mass is 16.4. The molecule has 3 nitrogen and oxygen atoms in total. The third-order valence-electron chi connectivity index (χ3n) is 4.29. The standard InChI is InChI=1S/C21H43N.C2H4O2/c1-3-5-6-7-8-9-10-11-12-13-14-15-16-17-18-19-21-22-20-4-2;1-2(3)4/h11-12,22H,3-10,13-21H2,1-2H3;1H3,(H,3,4)/b12-11-;. The van der Waals surface area contributed by atoms with Crippen LogP contribution in [-0.2, 0) is 4.79 Å². The third-order valence-corrected chi connectivity index (χ3v) is 4.29. The predicted molar refractivity (Wildman–Crippen MR) is 116 cm³/mol. The van der Waals surface area contributed by atoms with Crippen LogP contribution in [0.2, 0.25) is 0 Å². The predicted octanol–water partition coefficient (Wildman–Crippen LogP) is 7.11. The molecule has 0 spiro atoms. The monoisotopic (exact) mass is 369 g/mol. The van der Waals surface area contributed by atoms with Crippen molar-refractivity contribution in [2.45, 2.75) is 117 Å². The highest BCUT2D eigenvalue weighted by molar-refractivity contribution is 5.62. The summed E-state index contributed by atoms with van der Waals surface area (Å²) in [5.41, 5.74) is 0. The lowest BCUT2D eigenvalue weighted by Gasteiger charge is -2.03. The number of hydrogen-bond acceptors (Lipinski definition) is 2. The van der Waals surface area contributed by atoms with Crippen molar-refractivity contribution in [1.82, 2.24) is 5.32 Å². The number of allylic oxidation sites excluding steroid dienone is 2. The van der Waals surface area contributed by atoms with Crippen LogP contribution in [0.1, 0.15) is 117 Å². The SMILES string of the molecule is CC(=O)O.CCCCCCCC/C=C\CCCCCCCCNCCC. The molecule has 0 atom stereocenters. The summed E-state index contributed by atoms with van der Waals surface area (Å²) in [4.78, 5) is 9.00. The summed E-state index contributed by atoms with van der Waals surface area (Å²) in [5.74, 6) is -0.833. The number of carboxylic acid groups (broad SMARTS) is 1. The highest BCUT2D eigenvalue weighted by Gasteiger charge is 1.91. The van der Waals surface area contributed by atoms with Crippen molar-refractivity contribution in [2.75, 3.05) is 13.1 Å². The molecule has 0 saturated carbocycles. The van der Waals surface area contributed by atoms with Gasteiger partial charge in [0, 0.05) is 6.92 Å². The first kappa shape index (κ1) is 27.4. The zero-order chi connectivity index (χ0) is 19.7. The summed E-state index contributed by atoms with van der Waals surface area (Å²) >= 11 is 0. The average Bonchev–Trinajstić information content (AvgIpc) is 2.60. The summed E-state index contributed by atoms with van der Waals surface area (Å²) in [6, 6.07) is 0. The van der Waals surface area contributed by atoms with Gasteiger partial charge in [-0.15, -0.1) is 0 Å². The molecule has 0 rings (SSSR count). The minimum absolute atomic E-state index is 0.833. The summed E-state index contributed by atoms with van der Waals surface area (Å²) in [6.07, 6.45) is 25.6. The van der Waals surface area contributed by atoms with Gasteiger partial charge in [0.15, 0.2) is 0 Å². The number of carboxylic acids is 1. The Bertz CT molecular complexity index is 286. The van der Waals surface area contributed by atoms with Crippen molar-refractivity contribution in [1.29, 1.82) is 0 Å². The fourth-order valence-electron chi connectivity index (χ4n) is 2.80. The third kappa shape index (κ3) is 34.5. The smallest absolute Gasteiger partial charge is 0.300 e. The lowest BCUT2D eigenvalue weighted by Crippen LogP contribution is -2.15. The number of carbonyl (C=O) groups is 1. The van der Waals surface area contributed by atoms with Gasteiger partial charge in [0.05, 0.1) is 0 Å². The molecule has 2 N–H and O–H groups in total. The molecular weight excluding hydrogens is 322 g/mol. The first-order valence-electron chi connectivity index (χ1n) is 11.2. The van der Waals surface area contributed by atoms with Gasteiger partial charge in [-0.1, -0.05) is 83.8 Å². The van der Waals surface area contributed by atoms with Crippen LogP contribution in [0.3, 0.4) is 0 Å². The quantitative estimate of drug-likeness (QED) is 0.200. The largest absolute Gasteiger partial charge is 0.481 e. The van der Waals surface area contributed by atoms with Crippen molar-refractivity contribution < 1.29 is 9.90 Å². The van der Waals surface area contributed by atoms with E-state index in [1.54, 1.807) is 0 Å². The second-order valence-corrected chi connectivity index (χ2v) is 7.21. The van der Waals surface area contributed by atoms with E-state index >= 15 is 0 Å². The van der Waals surface area contributed by atoms with Crippen LogP contribution in [0.4, 0.5) is 0 Å². The van der Waals surface area contributed by atoms with Crippen LogP contribution in [-0.4, -0.2) is 24.2 Å². The number of nitrogens with one attached hydrogen (secondary N) is 1. The second kappa shape index (κ2) is 26.4. The molecule has 0 aromatic rings. The number of unbranched alkanes of at least 4 members (excludes halogenated alkanes) is 12. The molecule has 0 radical (unpaired) electrons. The molecule has 0 aliphatic heterocycles. The zero-order valence-electron chi connectivity index (χ0n) is 18.0. The summed E-state index contributed by atoms with van der Waals surface area (Å²) in [5, 5.41) is 10.9. The molecule has 0 fully saturated rings. The van der Waals surface area contributed by atoms with Gasteiger partial charge in [0.1, 0.15) is 0 Å². The molecule has 0 aliphatic rings. The molecule has 0 heterocycles. The fourth-order valence-corrected chi connectivity index (χ4v) is 2.80. The Balaban J connectivity index is 0. The topological polar surface area (TPSA) is 49.3 Å². The Labute approximate surface area is 164 Å². The van der Waals surface area contributed by atoms with Crippen LogP contribution in [0.5, 0.6) is 0 Å². The molecule has 156 valence electrons. The minimum atomic E-state index is -0.833. The highest BCUT2D eigenvalue weighted by Crippen LogP contribution is 2.09. The second-order valence-electron chi connectivity index (χ2n) is 7.21. The maximum Gasteiger partial charge on any atom is 0.300 e. The lowest BCUT2D eigenvalue weighted by atomic mass is 10.1. The van der Waals surface area contributed by atoms with Gasteiger partial charge in [-0.3, -0.25) is 4.79 Å². The molecule has 26 heavy (non-hydrogen) atoms. The average molecular weight is 370 g/mol. The van der Waals surface area contributed by atoms with Crippen molar-refractivity contribution in [3.05, 3.63) is 12.2 Å². The van der Waals surface area contributed by atoms with Gasteiger partial charge in [0.2, 0.25) is 0 Å². The van der Waals surface area contributed by atoms with Gasteiger partial charge in [-0.05, 0) is 51.6 Å². The van der Waals surface area contributed by atoms with Crippen molar-refractivity contribution in [2.24, 2.45) is 0 Å². The molecule has 0 amide bonds. The van der Waals surface area contributed by atoms with Gasteiger partial charge in [0.25, 0.3) is 5.97 Å². The number of rotatable bonds is 18. The molecular formula is C23H47NO2. The maximum atomic E-state index is 9.00. The van der Waals surface area contributed by atoms with Gasteiger partial charge >= 0.3 is 0 Å². The summed E-state index contributed by atoms with van der Waals surface area (Å²) < 4.78 is 0. The Morgan fingerprint density at radius 3 is 1.58 bits per heavy atom. The van der Waals surface area contributed by atoms with Crippen molar-refractivity contribution in [3.63, 3.8) is 0 Å². The van der Waals surface area contributed by atoms with Crippen LogP contribution < -0.4 is 5.32 Å². The summed E-state index contributed by atoms with van der Waals surface area (Å²) in [6.45, 7) is 8.00. The van der Waals surface area contributed by atoms with Gasteiger partial charge in [-0.25, -0.2) is 0 Å². The van der Waals surface area contributed by atoms with Gasteiger partial charge < -0.3 is 10.4 Å². The van der Waals surface area contributed by atoms with E-state index in [1.807, 2.05) is 0 Å². The van der Waals surface area contributed by atoms with Gasteiger partial charge in [-0.2, -0.15) is 0 Å². The maximum absolute atomic E-state index is 9.00. The number of hydrogen-bond donors (Lipinski definition) is 2. The first-order valence-corrected chi connectivity index (χ1v) is 11.2. The van der Waals surface area contributed by atoms with E-state index in [1.165, 1.54) is 109 Å². The van der Waals surface area contributed by atoms with Crippen LogP contribution in [0, 0.1) is 0 Å². The molecule has 3 heteroatoms. The number of aliphatic carboxylic acids is 1. The first-order chi connectivity index (χ1) is 12.6. The molecule has 0 saturated heterocycles. The van der Waals surface area contributed by atoms with Crippen LogP contribution >= 0.6 is 0 Å². The normalized spacial score (nSPS) is 10.7. The Hall–Kier alpha value is -0.830. The minimum Gasteiger partial charge on any atom is -0.481 e. The Morgan fingerprint density at radius 1 is 0.692 bits per heavy atom. The molecule has 0 aromatic heterocycles. The lowest BCUT2D eigenvalue weighted by molar-refractivity contribution is -0.134. The Morgan fingerprint density at radius 2 is 1.12 bits per heavy atom. The molecule has 0 unspecified atom stereocenters. The Kier molecular flexibility index (Phi) is 27.8. The van der Waals surface area contributed by atoms with Crippen molar-refractivity contribution >= 4 is 5.97 Å². The van der Waals surface area contributed by atoms with E-state index in [2.05, 4.69) is 31.3 Å². The van der Waals surface area contributed by atoms with Crippen LogP contribution in [0.25, 0.3) is 0 Å². The van der Waals surface area contributed by atoms with Crippen molar-refractivity contribution in [3.8, 4) is 0 Å². The van der Waals surface area contributed by atoms with E-state index in [4.69, 9.17) is 9.90 Å².